The van der Waals surface area contributed by atoms with Gasteiger partial charge in [0.2, 0.25) is 5.91 Å². The van der Waals surface area contributed by atoms with E-state index in [-0.39, 0.29) is 11.3 Å². The molecule has 1 amide bonds. The van der Waals surface area contributed by atoms with Crippen LogP contribution in [0.3, 0.4) is 0 Å². The molecule has 5 fully saturated rings. The third-order valence-corrected chi connectivity index (χ3v) is 7.25. The molecule has 1 N–H and O–H groups in total. The van der Waals surface area contributed by atoms with E-state index in [1.807, 2.05) is 0 Å². The second kappa shape index (κ2) is 4.40. The average Bonchev–Trinajstić information content (AvgIpc) is 2.83. The van der Waals surface area contributed by atoms with Crippen LogP contribution in [0.4, 0.5) is 0 Å². The molecule has 116 valence electrons. The minimum Gasteiger partial charge on any atom is -0.480 e. The van der Waals surface area contributed by atoms with Gasteiger partial charge in [-0.05, 0) is 55.8 Å². The average molecular weight is 309 g/mol. The number of carbonyl (C=O) groups is 2. The van der Waals surface area contributed by atoms with Crippen LogP contribution in [0.25, 0.3) is 0 Å². The van der Waals surface area contributed by atoms with E-state index in [4.69, 9.17) is 0 Å². The van der Waals surface area contributed by atoms with E-state index in [1.54, 1.807) is 16.7 Å². The van der Waals surface area contributed by atoms with Gasteiger partial charge in [0.25, 0.3) is 0 Å². The number of thioether (sulfide) groups is 1. The highest BCUT2D eigenvalue weighted by atomic mass is 32.2. The first-order chi connectivity index (χ1) is 9.91. The molecular formula is C16H23NO3S. The minimum absolute atomic E-state index is 0.153. The highest BCUT2D eigenvalue weighted by molar-refractivity contribution is 7.99. The molecule has 4 aliphatic carbocycles. The van der Waals surface area contributed by atoms with Crippen LogP contribution in [0.2, 0.25) is 0 Å². The van der Waals surface area contributed by atoms with E-state index < -0.39 is 12.0 Å². The van der Waals surface area contributed by atoms with Gasteiger partial charge in [0, 0.05) is 5.75 Å². The largest absolute Gasteiger partial charge is 0.480 e. The maximum atomic E-state index is 13.2. The summed E-state index contributed by atoms with van der Waals surface area (Å²) >= 11 is 1.57. The van der Waals surface area contributed by atoms with Gasteiger partial charge in [0.1, 0.15) is 6.04 Å². The lowest BCUT2D eigenvalue weighted by Crippen LogP contribution is -2.58. The number of carboxylic acid groups (broad SMARTS) is 1. The van der Waals surface area contributed by atoms with Gasteiger partial charge in [-0.1, -0.05) is 6.92 Å². The smallest absolute Gasteiger partial charge is 0.327 e. The lowest BCUT2D eigenvalue weighted by Gasteiger charge is -2.61. The van der Waals surface area contributed by atoms with Crippen molar-refractivity contribution in [2.45, 2.75) is 51.5 Å². The Morgan fingerprint density at radius 2 is 1.86 bits per heavy atom. The van der Waals surface area contributed by atoms with Gasteiger partial charge in [-0.25, -0.2) is 4.79 Å². The number of hydrogen-bond donors (Lipinski definition) is 1. The van der Waals surface area contributed by atoms with Crippen molar-refractivity contribution in [3.05, 3.63) is 0 Å². The van der Waals surface area contributed by atoms with Gasteiger partial charge in [-0.3, -0.25) is 4.79 Å². The molecule has 1 heterocycles. The van der Waals surface area contributed by atoms with E-state index in [0.29, 0.717) is 28.9 Å². The highest BCUT2D eigenvalue weighted by Crippen LogP contribution is 2.65. The highest BCUT2D eigenvalue weighted by Gasteiger charge is 2.60. The lowest BCUT2D eigenvalue weighted by molar-refractivity contribution is -0.169. The summed E-state index contributed by atoms with van der Waals surface area (Å²) in [6.45, 7) is 2.35. The Labute approximate surface area is 129 Å². The predicted molar refractivity (Wildman–Crippen MR) is 80.8 cm³/mol. The van der Waals surface area contributed by atoms with E-state index in [1.165, 1.54) is 19.3 Å². The molecule has 3 atom stereocenters. The summed E-state index contributed by atoms with van der Waals surface area (Å²) in [5, 5.41) is 9.36. The van der Waals surface area contributed by atoms with Crippen LogP contribution in [0.5, 0.6) is 0 Å². The summed E-state index contributed by atoms with van der Waals surface area (Å²) in [4.78, 5) is 26.3. The molecule has 0 aromatic heterocycles. The molecule has 3 unspecified atom stereocenters. The molecule has 0 spiro atoms. The summed E-state index contributed by atoms with van der Waals surface area (Å²) in [7, 11) is 0. The molecule has 5 aliphatic rings. The van der Waals surface area contributed by atoms with Crippen molar-refractivity contribution in [3.63, 3.8) is 0 Å². The molecule has 4 nitrogen and oxygen atoms in total. The third kappa shape index (κ3) is 2.03. The van der Waals surface area contributed by atoms with Crippen LogP contribution in [0.1, 0.15) is 45.4 Å². The van der Waals surface area contributed by atoms with E-state index in [9.17, 15) is 14.7 Å². The van der Waals surface area contributed by atoms with Gasteiger partial charge < -0.3 is 10.0 Å². The summed E-state index contributed by atoms with van der Waals surface area (Å²) in [6.07, 6.45) is 6.84. The Morgan fingerprint density at radius 1 is 1.19 bits per heavy atom. The van der Waals surface area contributed by atoms with Crippen molar-refractivity contribution in [2.75, 3.05) is 11.6 Å². The Bertz CT molecular complexity index is 492. The van der Waals surface area contributed by atoms with Gasteiger partial charge in [-0.15, -0.1) is 11.8 Å². The Hall–Kier alpha value is -0.710. The number of carboxylic acids is 1. The zero-order chi connectivity index (χ0) is 14.8. The van der Waals surface area contributed by atoms with Gasteiger partial charge in [0.05, 0.1) is 11.3 Å². The van der Waals surface area contributed by atoms with Crippen molar-refractivity contribution in [3.8, 4) is 0 Å². The van der Waals surface area contributed by atoms with E-state index >= 15 is 0 Å². The summed E-state index contributed by atoms with van der Waals surface area (Å²) < 4.78 is 0. The van der Waals surface area contributed by atoms with Crippen molar-refractivity contribution >= 4 is 23.6 Å². The molecule has 0 aromatic rings. The number of aliphatic carboxylic acids is 1. The Kier molecular flexibility index (Phi) is 2.92. The Morgan fingerprint density at radius 3 is 2.43 bits per heavy atom. The van der Waals surface area contributed by atoms with Crippen LogP contribution >= 0.6 is 11.8 Å². The monoisotopic (exact) mass is 309 g/mol. The number of carbonyl (C=O) groups excluding carboxylic acids is 1. The van der Waals surface area contributed by atoms with Crippen molar-refractivity contribution in [1.29, 1.82) is 0 Å². The maximum absolute atomic E-state index is 13.2. The second-order valence-electron chi connectivity index (χ2n) is 8.18. The van der Waals surface area contributed by atoms with Crippen LogP contribution in [-0.4, -0.2) is 39.6 Å². The summed E-state index contributed by atoms with van der Waals surface area (Å²) in [5.41, 5.74) is 0.0861. The molecule has 5 heteroatoms. The minimum atomic E-state index is -0.843. The zero-order valence-corrected chi connectivity index (χ0v) is 13.3. The topological polar surface area (TPSA) is 57.6 Å². The van der Waals surface area contributed by atoms with Crippen molar-refractivity contribution in [2.24, 2.45) is 22.7 Å². The number of hydrogen-bond acceptors (Lipinski definition) is 3. The molecule has 1 aliphatic heterocycles. The molecule has 1 saturated heterocycles. The molecule has 5 rings (SSSR count). The van der Waals surface area contributed by atoms with E-state index in [2.05, 4.69) is 6.92 Å². The quantitative estimate of drug-likeness (QED) is 0.852. The van der Waals surface area contributed by atoms with Crippen molar-refractivity contribution < 1.29 is 14.7 Å². The molecule has 21 heavy (non-hydrogen) atoms. The SMILES string of the molecule is CC12CC3CC(C1)CC(C(=O)N1CSCC1C(=O)O)(C3)C2. The lowest BCUT2D eigenvalue weighted by atomic mass is 9.44. The number of rotatable bonds is 2. The first kappa shape index (κ1) is 13.9. The van der Waals surface area contributed by atoms with Crippen LogP contribution in [0.15, 0.2) is 0 Å². The van der Waals surface area contributed by atoms with Gasteiger partial charge >= 0.3 is 5.97 Å². The van der Waals surface area contributed by atoms with Gasteiger partial charge in [-0.2, -0.15) is 0 Å². The molecule has 0 radical (unpaired) electrons. The molecule has 0 aromatic carbocycles. The summed E-state index contributed by atoms with van der Waals surface area (Å²) in [6, 6.07) is -0.608. The van der Waals surface area contributed by atoms with Crippen molar-refractivity contribution in [1.82, 2.24) is 4.90 Å². The fraction of sp³-hybridized carbons (Fsp3) is 0.875. The van der Waals surface area contributed by atoms with Gasteiger partial charge in [0.15, 0.2) is 0 Å². The number of nitrogens with zero attached hydrogens (tertiary/aromatic N) is 1. The normalized spacial score (nSPS) is 47.9. The maximum Gasteiger partial charge on any atom is 0.327 e. The first-order valence-electron chi connectivity index (χ1n) is 8.02. The summed E-state index contributed by atoms with van der Waals surface area (Å²) in [5.74, 6) is 1.80. The first-order valence-corrected chi connectivity index (χ1v) is 9.18. The standard InChI is InChI=1S/C16H23NO3S/c1-15-3-10-2-11(4-15)6-16(5-10,8-15)14(20)17-9-21-7-12(17)13(18)19/h10-12H,2-9H2,1H3,(H,18,19). The zero-order valence-electron chi connectivity index (χ0n) is 12.5. The predicted octanol–water partition coefficient (Wildman–Crippen LogP) is 2.58. The fourth-order valence-corrected chi connectivity index (χ4v) is 7.27. The fourth-order valence-electron chi connectivity index (χ4n) is 6.12. The van der Waals surface area contributed by atoms with Crippen LogP contribution in [0, 0.1) is 22.7 Å². The molecule has 4 bridgehead atoms. The Balaban J connectivity index is 1.63. The molecule has 4 saturated carbocycles. The third-order valence-electron chi connectivity index (χ3n) is 6.24. The molecular weight excluding hydrogens is 286 g/mol. The van der Waals surface area contributed by atoms with Crippen LogP contribution < -0.4 is 0 Å². The number of amides is 1. The second-order valence-corrected chi connectivity index (χ2v) is 9.18. The van der Waals surface area contributed by atoms with E-state index in [0.717, 1.165) is 19.3 Å². The van der Waals surface area contributed by atoms with Crippen LogP contribution in [-0.2, 0) is 9.59 Å².